The van der Waals surface area contributed by atoms with Gasteiger partial charge in [-0.2, -0.15) is 0 Å². The molecular formula is C19H16ClNO4. The van der Waals surface area contributed by atoms with E-state index in [4.69, 9.17) is 16.3 Å². The summed E-state index contributed by atoms with van der Waals surface area (Å²) in [6.07, 6.45) is 1.56. The molecule has 3 aromatic rings. The van der Waals surface area contributed by atoms with E-state index in [9.17, 15) is 14.7 Å². The number of nitrogens with zero attached hydrogens (tertiary/aromatic N) is 1. The van der Waals surface area contributed by atoms with Crippen LogP contribution in [0.25, 0.3) is 21.8 Å². The largest absolute Gasteiger partial charge is 0.486 e. The fourth-order valence-corrected chi connectivity index (χ4v) is 3.11. The predicted molar refractivity (Wildman–Crippen MR) is 98.8 cm³/mol. The highest BCUT2D eigenvalue weighted by atomic mass is 35.5. The van der Waals surface area contributed by atoms with E-state index in [0.29, 0.717) is 26.8 Å². The van der Waals surface area contributed by atoms with Gasteiger partial charge in [0, 0.05) is 5.39 Å². The van der Waals surface area contributed by atoms with Crippen molar-refractivity contribution in [3.05, 3.63) is 63.8 Å². The number of fused-ring (bicyclic) bond motifs is 2. The van der Waals surface area contributed by atoms with Crippen LogP contribution in [0.5, 0.6) is 5.75 Å². The molecule has 0 unspecified atom stereocenters. The molecule has 0 amide bonds. The van der Waals surface area contributed by atoms with Crippen molar-refractivity contribution in [3.8, 4) is 5.75 Å². The molecule has 6 heteroatoms. The Morgan fingerprint density at radius 3 is 2.72 bits per heavy atom. The maximum absolute atomic E-state index is 12.9. The third kappa shape index (κ3) is 2.98. The molecule has 3 rings (SSSR count). The van der Waals surface area contributed by atoms with Gasteiger partial charge in [0.1, 0.15) is 13.2 Å². The van der Waals surface area contributed by atoms with Gasteiger partial charge in [0.15, 0.2) is 11.2 Å². The van der Waals surface area contributed by atoms with Crippen molar-refractivity contribution in [1.82, 2.24) is 4.57 Å². The number of rotatable bonds is 5. The molecule has 1 aromatic heterocycles. The summed E-state index contributed by atoms with van der Waals surface area (Å²) in [4.78, 5) is 24.3. The number of aryl methyl sites for hydroxylation is 1. The first-order valence-electron chi connectivity index (χ1n) is 7.65. The third-order valence-electron chi connectivity index (χ3n) is 3.93. The van der Waals surface area contributed by atoms with E-state index in [1.54, 1.807) is 34.9 Å². The number of carboxylic acid groups (broad SMARTS) is 1. The quantitative estimate of drug-likeness (QED) is 0.557. The summed E-state index contributed by atoms with van der Waals surface area (Å²) in [7, 11) is 0. The first kappa shape index (κ1) is 17.0. The number of carbonyl (C=O) groups is 1. The molecule has 0 saturated carbocycles. The minimum absolute atomic E-state index is 0.186. The molecule has 0 radical (unpaired) electrons. The zero-order chi connectivity index (χ0) is 18.1. The fraction of sp³-hybridized carbons (Fsp3) is 0.158. The van der Waals surface area contributed by atoms with E-state index in [1.165, 1.54) is 0 Å². The Kier molecular flexibility index (Phi) is 4.51. The molecule has 128 valence electrons. The van der Waals surface area contributed by atoms with Gasteiger partial charge in [0.05, 0.1) is 21.4 Å². The van der Waals surface area contributed by atoms with Gasteiger partial charge in [-0.15, -0.1) is 0 Å². The molecule has 0 aliphatic heterocycles. The summed E-state index contributed by atoms with van der Waals surface area (Å²) in [6, 6.07) is 8.50. The van der Waals surface area contributed by atoms with E-state index in [1.807, 2.05) is 13.0 Å². The zero-order valence-corrected chi connectivity index (χ0v) is 14.3. The standard InChI is InChI=1S/C19H16ClNO4/c1-3-8-25-19-14(20)7-6-13-17(19)21(10-16(22)23)15-9-11(2)4-5-12(15)18(13)24/h3-7,9H,1,8,10H2,2H3,(H,22,23). The number of benzene rings is 2. The van der Waals surface area contributed by atoms with Gasteiger partial charge in [-0.05, 0) is 36.8 Å². The summed E-state index contributed by atoms with van der Waals surface area (Å²) in [5.74, 6) is -0.747. The van der Waals surface area contributed by atoms with E-state index >= 15 is 0 Å². The molecule has 0 fully saturated rings. The highest BCUT2D eigenvalue weighted by Crippen LogP contribution is 2.34. The molecule has 0 saturated heterocycles. The van der Waals surface area contributed by atoms with E-state index in [-0.39, 0.29) is 24.3 Å². The van der Waals surface area contributed by atoms with Crippen LogP contribution in [0, 0.1) is 6.92 Å². The Morgan fingerprint density at radius 1 is 1.32 bits per heavy atom. The zero-order valence-electron chi connectivity index (χ0n) is 13.6. The highest BCUT2D eigenvalue weighted by molar-refractivity contribution is 6.33. The molecule has 2 aromatic carbocycles. The Hall–Kier alpha value is -2.79. The van der Waals surface area contributed by atoms with Gasteiger partial charge in [-0.1, -0.05) is 30.3 Å². The first-order valence-corrected chi connectivity index (χ1v) is 8.02. The van der Waals surface area contributed by atoms with Gasteiger partial charge in [0.25, 0.3) is 0 Å². The first-order chi connectivity index (χ1) is 11.9. The maximum atomic E-state index is 12.9. The summed E-state index contributed by atoms with van der Waals surface area (Å²) in [5, 5.41) is 10.5. The molecule has 0 aliphatic rings. The summed E-state index contributed by atoms with van der Waals surface area (Å²) in [6.45, 7) is 5.35. The van der Waals surface area contributed by atoms with Crippen molar-refractivity contribution in [2.24, 2.45) is 0 Å². The van der Waals surface area contributed by atoms with E-state index in [2.05, 4.69) is 6.58 Å². The summed E-state index contributed by atoms with van der Waals surface area (Å²) >= 11 is 6.26. The van der Waals surface area contributed by atoms with Crippen LogP contribution >= 0.6 is 11.6 Å². The number of halogens is 1. The molecule has 0 atom stereocenters. The lowest BCUT2D eigenvalue weighted by Crippen LogP contribution is -2.17. The smallest absolute Gasteiger partial charge is 0.323 e. The van der Waals surface area contributed by atoms with Crippen LogP contribution in [0.4, 0.5) is 0 Å². The Balaban J connectivity index is 2.55. The van der Waals surface area contributed by atoms with Crippen LogP contribution in [-0.2, 0) is 11.3 Å². The highest BCUT2D eigenvalue weighted by Gasteiger charge is 2.18. The SMILES string of the molecule is C=CCOc1c(Cl)ccc2c(=O)c3ccc(C)cc3n(CC(=O)O)c12. The molecule has 0 spiro atoms. The predicted octanol–water partition coefficient (Wildman–Crippen LogP) is 3.77. The maximum Gasteiger partial charge on any atom is 0.323 e. The number of carboxylic acids is 1. The molecule has 0 aliphatic carbocycles. The van der Waals surface area contributed by atoms with E-state index in [0.717, 1.165) is 5.56 Å². The van der Waals surface area contributed by atoms with Crippen molar-refractivity contribution in [2.45, 2.75) is 13.5 Å². The number of ether oxygens (including phenoxy) is 1. The van der Waals surface area contributed by atoms with Crippen molar-refractivity contribution in [3.63, 3.8) is 0 Å². The van der Waals surface area contributed by atoms with Crippen LogP contribution in [0.3, 0.4) is 0 Å². The average molecular weight is 358 g/mol. The van der Waals surface area contributed by atoms with Crippen molar-refractivity contribution in [2.75, 3.05) is 6.61 Å². The third-order valence-corrected chi connectivity index (χ3v) is 4.22. The van der Waals surface area contributed by atoms with Crippen molar-refractivity contribution < 1.29 is 14.6 Å². The molecule has 5 nitrogen and oxygen atoms in total. The number of aliphatic carboxylic acids is 1. The topological polar surface area (TPSA) is 68.5 Å². The molecule has 0 bridgehead atoms. The molecule has 1 N–H and O–H groups in total. The van der Waals surface area contributed by atoms with Crippen LogP contribution in [-0.4, -0.2) is 22.2 Å². The Labute approximate surface area is 148 Å². The second-order valence-corrected chi connectivity index (χ2v) is 6.11. The summed E-state index contributed by atoms with van der Waals surface area (Å²) < 4.78 is 7.21. The fourth-order valence-electron chi connectivity index (χ4n) is 2.90. The lowest BCUT2D eigenvalue weighted by atomic mass is 10.1. The Bertz CT molecular complexity index is 1070. The average Bonchev–Trinajstić information content (AvgIpc) is 2.57. The van der Waals surface area contributed by atoms with Crippen LogP contribution in [0.2, 0.25) is 5.02 Å². The van der Waals surface area contributed by atoms with Gasteiger partial charge in [-0.3, -0.25) is 9.59 Å². The van der Waals surface area contributed by atoms with Gasteiger partial charge in [0.2, 0.25) is 0 Å². The number of hydrogen-bond donors (Lipinski definition) is 1. The number of hydrogen-bond acceptors (Lipinski definition) is 3. The lowest BCUT2D eigenvalue weighted by molar-refractivity contribution is -0.137. The lowest BCUT2D eigenvalue weighted by Gasteiger charge is -2.17. The Morgan fingerprint density at radius 2 is 2.04 bits per heavy atom. The number of pyridine rings is 1. The van der Waals surface area contributed by atoms with Crippen molar-refractivity contribution in [1.29, 1.82) is 0 Å². The normalized spacial score (nSPS) is 11.0. The number of aromatic nitrogens is 1. The van der Waals surface area contributed by atoms with Crippen LogP contribution in [0.15, 0.2) is 47.8 Å². The van der Waals surface area contributed by atoms with Crippen molar-refractivity contribution >= 4 is 39.4 Å². The minimum Gasteiger partial charge on any atom is -0.486 e. The molecule has 25 heavy (non-hydrogen) atoms. The van der Waals surface area contributed by atoms with Gasteiger partial charge >= 0.3 is 5.97 Å². The van der Waals surface area contributed by atoms with Crippen LogP contribution < -0.4 is 10.2 Å². The summed E-state index contributed by atoms with van der Waals surface area (Å²) in [5.41, 5.74) is 1.64. The van der Waals surface area contributed by atoms with Crippen LogP contribution in [0.1, 0.15) is 5.56 Å². The molecule has 1 heterocycles. The monoisotopic (exact) mass is 357 g/mol. The van der Waals surface area contributed by atoms with Gasteiger partial charge in [-0.25, -0.2) is 0 Å². The minimum atomic E-state index is -1.03. The second-order valence-electron chi connectivity index (χ2n) is 5.70. The molecular weight excluding hydrogens is 342 g/mol. The van der Waals surface area contributed by atoms with E-state index < -0.39 is 5.97 Å². The second kappa shape index (κ2) is 6.61. The van der Waals surface area contributed by atoms with Gasteiger partial charge < -0.3 is 14.4 Å².